The number of halogens is 2. The van der Waals surface area contributed by atoms with Gasteiger partial charge in [0.2, 0.25) is 5.95 Å². The van der Waals surface area contributed by atoms with Crippen LogP contribution in [0.15, 0.2) is 60.8 Å². The van der Waals surface area contributed by atoms with Gasteiger partial charge in [0.1, 0.15) is 11.5 Å². The number of anilines is 2. The van der Waals surface area contributed by atoms with Crippen LogP contribution in [0.3, 0.4) is 0 Å². The zero-order valence-corrected chi connectivity index (χ0v) is 13.8. The molecule has 0 aliphatic heterocycles. The molecule has 0 atom stereocenters. The highest BCUT2D eigenvalue weighted by Crippen LogP contribution is 2.14. The molecule has 3 aromatic rings. The first-order valence-electron chi connectivity index (χ1n) is 7.49. The van der Waals surface area contributed by atoms with E-state index in [2.05, 4.69) is 20.6 Å². The van der Waals surface area contributed by atoms with E-state index >= 15 is 0 Å². The number of benzene rings is 2. The summed E-state index contributed by atoms with van der Waals surface area (Å²) in [7, 11) is 0. The minimum Gasteiger partial charge on any atom is -0.350 e. The maximum Gasteiger partial charge on any atom is 0.274 e. The lowest BCUT2D eigenvalue weighted by Crippen LogP contribution is -2.15. The Morgan fingerprint density at radius 3 is 2.60 bits per heavy atom. The lowest BCUT2D eigenvalue weighted by molar-refractivity contribution is 0.102. The van der Waals surface area contributed by atoms with Crippen molar-refractivity contribution < 1.29 is 9.18 Å². The fourth-order valence-corrected chi connectivity index (χ4v) is 2.24. The third-order valence-corrected chi connectivity index (χ3v) is 3.64. The van der Waals surface area contributed by atoms with Gasteiger partial charge in [-0.3, -0.25) is 4.79 Å². The summed E-state index contributed by atoms with van der Waals surface area (Å²) >= 11 is 5.81. The first-order chi connectivity index (χ1) is 12.1. The Labute approximate surface area is 148 Å². The molecule has 0 unspecified atom stereocenters. The van der Waals surface area contributed by atoms with Crippen molar-refractivity contribution in [3.05, 3.63) is 82.9 Å². The molecule has 1 aromatic heterocycles. The number of carbonyl (C=O) groups is 1. The molecule has 0 bridgehead atoms. The molecule has 0 saturated heterocycles. The fourth-order valence-electron chi connectivity index (χ4n) is 2.11. The van der Waals surface area contributed by atoms with Gasteiger partial charge in [0.15, 0.2) is 0 Å². The number of amides is 1. The second kappa shape index (κ2) is 7.72. The van der Waals surface area contributed by atoms with E-state index < -0.39 is 0 Å². The van der Waals surface area contributed by atoms with Gasteiger partial charge in [0.05, 0.1) is 0 Å². The van der Waals surface area contributed by atoms with Crippen LogP contribution in [0, 0.1) is 5.82 Å². The Kier molecular flexibility index (Phi) is 5.20. The molecule has 5 nitrogen and oxygen atoms in total. The maximum absolute atomic E-state index is 13.6. The highest BCUT2D eigenvalue weighted by Gasteiger charge is 2.10. The minimum atomic E-state index is -0.376. The molecular weight excluding hydrogens is 343 g/mol. The second-order valence-electron chi connectivity index (χ2n) is 5.17. The van der Waals surface area contributed by atoms with E-state index in [1.165, 1.54) is 18.3 Å². The van der Waals surface area contributed by atoms with E-state index in [1.807, 2.05) is 0 Å². The van der Waals surface area contributed by atoms with Gasteiger partial charge in [0, 0.05) is 29.0 Å². The molecule has 0 fully saturated rings. The summed E-state index contributed by atoms with van der Waals surface area (Å²) in [6.45, 7) is 0.217. The SMILES string of the molecule is O=C(Nc1ccc(Cl)cc1)c1ccnc(NCc2ccccc2F)n1. The normalized spacial score (nSPS) is 10.3. The predicted molar refractivity (Wildman–Crippen MR) is 95.2 cm³/mol. The van der Waals surface area contributed by atoms with Crippen molar-refractivity contribution in [3.8, 4) is 0 Å². The summed E-state index contributed by atoms with van der Waals surface area (Å²) in [5.41, 5.74) is 1.29. The van der Waals surface area contributed by atoms with Crippen molar-refractivity contribution in [2.75, 3.05) is 10.6 Å². The van der Waals surface area contributed by atoms with Gasteiger partial charge in [-0.1, -0.05) is 29.8 Å². The van der Waals surface area contributed by atoms with Gasteiger partial charge in [-0.25, -0.2) is 14.4 Å². The van der Waals surface area contributed by atoms with Crippen molar-refractivity contribution >= 4 is 29.1 Å². The molecule has 0 aliphatic rings. The molecule has 0 radical (unpaired) electrons. The number of rotatable bonds is 5. The molecule has 0 aliphatic carbocycles. The molecule has 3 rings (SSSR count). The van der Waals surface area contributed by atoms with Crippen LogP contribution >= 0.6 is 11.6 Å². The van der Waals surface area contributed by atoms with Gasteiger partial charge in [-0.15, -0.1) is 0 Å². The molecule has 1 heterocycles. The van der Waals surface area contributed by atoms with Crippen molar-refractivity contribution in [1.82, 2.24) is 9.97 Å². The third kappa shape index (κ3) is 4.51. The zero-order valence-electron chi connectivity index (χ0n) is 13.0. The molecule has 0 saturated carbocycles. The smallest absolute Gasteiger partial charge is 0.274 e. The third-order valence-electron chi connectivity index (χ3n) is 3.39. The molecule has 1 amide bonds. The fraction of sp³-hybridized carbons (Fsp3) is 0.0556. The van der Waals surface area contributed by atoms with Crippen LogP contribution in [0.4, 0.5) is 16.0 Å². The second-order valence-corrected chi connectivity index (χ2v) is 5.61. The van der Waals surface area contributed by atoms with Gasteiger partial charge in [0.25, 0.3) is 5.91 Å². The van der Waals surface area contributed by atoms with Crippen LogP contribution in [0.1, 0.15) is 16.1 Å². The Morgan fingerprint density at radius 2 is 1.84 bits per heavy atom. The Bertz CT molecular complexity index is 886. The van der Waals surface area contributed by atoms with Crippen molar-refractivity contribution in [2.24, 2.45) is 0 Å². The maximum atomic E-state index is 13.6. The van der Waals surface area contributed by atoms with Gasteiger partial charge in [-0.05, 0) is 36.4 Å². The largest absolute Gasteiger partial charge is 0.350 e. The average Bonchev–Trinajstić information content (AvgIpc) is 2.63. The molecule has 126 valence electrons. The van der Waals surface area contributed by atoms with Gasteiger partial charge in [-0.2, -0.15) is 0 Å². The molecule has 2 aromatic carbocycles. The summed E-state index contributed by atoms with van der Waals surface area (Å²) in [6, 6.07) is 14.7. The molecule has 7 heteroatoms. The lowest BCUT2D eigenvalue weighted by atomic mass is 10.2. The number of carbonyl (C=O) groups excluding carboxylic acids is 1. The van der Waals surface area contributed by atoms with Crippen LogP contribution in [0.25, 0.3) is 0 Å². The monoisotopic (exact) mass is 356 g/mol. The number of aromatic nitrogens is 2. The van der Waals surface area contributed by atoms with Crippen molar-refractivity contribution in [1.29, 1.82) is 0 Å². The Morgan fingerprint density at radius 1 is 1.08 bits per heavy atom. The average molecular weight is 357 g/mol. The summed E-state index contributed by atoms with van der Waals surface area (Å²) in [5.74, 6) is -0.447. The number of hydrogen-bond acceptors (Lipinski definition) is 4. The van der Waals surface area contributed by atoms with Crippen molar-refractivity contribution in [3.63, 3.8) is 0 Å². The Hall–Kier alpha value is -2.99. The highest BCUT2D eigenvalue weighted by molar-refractivity contribution is 6.30. The Balaban J connectivity index is 1.67. The molecule has 0 spiro atoms. The molecule has 25 heavy (non-hydrogen) atoms. The van der Waals surface area contributed by atoms with Crippen LogP contribution in [0.5, 0.6) is 0 Å². The first kappa shape index (κ1) is 16.9. The summed E-state index contributed by atoms with van der Waals surface area (Å²) in [5, 5.41) is 6.21. The van der Waals surface area contributed by atoms with E-state index in [1.54, 1.807) is 42.5 Å². The topological polar surface area (TPSA) is 66.9 Å². The van der Waals surface area contributed by atoms with Crippen LogP contribution in [-0.2, 0) is 6.54 Å². The van der Waals surface area contributed by atoms with Gasteiger partial charge >= 0.3 is 0 Å². The summed E-state index contributed by atoms with van der Waals surface area (Å²) in [4.78, 5) is 20.4. The van der Waals surface area contributed by atoms with Crippen LogP contribution < -0.4 is 10.6 Å². The zero-order chi connectivity index (χ0) is 17.6. The number of nitrogens with one attached hydrogen (secondary N) is 2. The molecular formula is C18H14ClFN4O. The highest BCUT2D eigenvalue weighted by atomic mass is 35.5. The van der Waals surface area contributed by atoms with Crippen molar-refractivity contribution in [2.45, 2.75) is 6.54 Å². The lowest BCUT2D eigenvalue weighted by Gasteiger charge is -2.08. The summed E-state index contributed by atoms with van der Waals surface area (Å²) < 4.78 is 13.6. The van der Waals surface area contributed by atoms with Crippen LogP contribution in [0.2, 0.25) is 5.02 Å². The standard InChI is InChI=1S/C18H14ClFN4O/c19-13-5-7-14(8-6-13)23-17(25)16-9-10-21-18(24-16)22-11-12-3-1-2-4-15(12)20/h1-10H,11H2,(H,23,25)(H,21,22,24). The van der Waals surface area contributed by atoms with Crippen LogP contribution in [-0.4, -0.2) is 15.9 Å². The van der Waals surface area contributed by atoms with Gasteiger partial charge < -0.3 is 10.6 Å². The first-order valence-corrected chi connectivity index (χ1v) is 7.87. The number of hydrogen-bond donors (Lipinski definition) is 2. The molecule has 2 N–H and O–H groups in total. The van der Waals surface area contributed by atoms with E-state index in [9.17, 15) is 9.18 Å². The van der Waals surface area contributed by atoms with E-state index in [0.717, 1.165) is 0 Å². The van der Waals surface area contributed by atoms with E-state index in [4.69, 9.17) is 11.6 Å². The minimum absolute atomic E-state index is 0.195. The van der Waals surface area contributed by atoms with E-state index in [-0.39, 0.29) is 29.9 Å². The predicted octanol–water partition coefficient (Wildman–Crippen LogP) is 4.13. The van der Waals surface area contributed by atoms with E-state index in [0.29, 0.717) is 16.3 Å². The summed E-state index contributed by atoms with van der Waals surface area (Å²) in [6.07, 6.45) is 1.47. The quantitative estimate of drug-likeness (QED) is 0.721. The number of nitrogens with zero attached hydrogens (tertiary/aromatic N) is 2.